The summed E-state index contributed by atoms with van der Waals surface area (Å²) in [6, 6.07) is 1.94. The first-order chi connectivity index (χ1) is 8.58. The van der Waals surface area contributed by atoms with Crippen LogP contribution < -0.4 is 4.90 Å². The molecule has 1 aromatic rings. The van der Waals surface area contributed by atoms with Crippen LogP contribution in [-0.4, -0.2) is 28.8 Å². The van der Waals surface area contributed by atoms with Crippen LogP contribution in [0.3, 0.4) is 0 Å². The van der Waals surface area contributed by atoms with Gasteiger partial charge in [0.1, 0.15) is 5.15 Å². The Bertz CT molecular complexity index is 456. The maximum atomic E-state index is 10.2. The molecule has 0 atom stereocenters. The summed E-state index contributed by atoms with van der Waals surface area (Å²) in [5.41, 5.74) is 0.853. The average molecular weight is 379 g/mol. The smallest absolute Gasteiger partial charge is 0.131 e. The molecular formula is C13H16ClIN2O. The lowest BCUT2D eigenvalue weighted by Crippen LogP contribution is -2.39. The summed E-state index contributed by atoms with van der Waals surface area (Å²) < 4.78 is 1.14. The predicted octanol–water partition coefficient (Wildman–Crippen LogP) is 3.08. The number of hydrogen-bond donors (Lipinski definition) is 1. The van der Waals surface area contributed by atoms with Crippen molar-refractivity contribution in [3.05, 3.63) is 21.0 Å². The maximum absolute atomic E-state index is 10.2. The van der Waals surface area contributed by atoms with Crippen LogP contribution >= 0.6 is 34.2 Å². The third kappa shape index (κ3) is 2.47. The molecule has 2 fully saturated rings. The molecule has 1 N–H and O–H groups in total. The van der Waals surface area contributed by atoms with E-state index >= 15 is 0 Å². The fourth-order valence-electron chi connectivity index (χ4n) is 2.84. The lowest BCUT2D eigenvalue weighted by molar-refractivity contribution is 0.0681. The Morgan fingerprint density at radius 3 is 2.67 bits per heavy atom. The zero-order valence-corrected chi connectivity index (χ0v) is 13.0. The van der Waals surface area contributed by atoms with E-state index in [2.05, 4.69) is 32.5 Å². The van der Waals surface area contributed by atoms with Gasteiger partial charge in [0.2, 0.25) is 0 Å². The quantitative estimate of drug-likeness (QED) is 0.635. The number of hydrogen-bond acceptors (Lipinski definition) is 3. The molecule has 1 aliphatic heterocycles. The van der Waals surface area contributed by atoms with Gasteiger partial charge in [-0.05, 0) is 60.3 Å². The average Bonchev–Trinajstić information content (AvgIpc) is 3.12. The van der Waals surface area contributed by atoms with E-state index in [4.69, 9.17) is 11.6 Å². The van der Waals surface area contributed by atoms with Gasteiger partial charge in [-0.3, -0.25) is 0 Å². The largest absolute Gasteiger partial charge is 0.390 e. The van der Waals surface area contributed by atoms with Crippen molar-refractivity contribution in [2.24, 2.45) is 5.92 Å². The van der Waals surface area contributed by atoms with Crippen LogP contribution in [0.2, 0.25) is 5.15 Å². The Morgan fingerprint density at radius 1 is 1.39 bits per heavy atom. The van der Waals surface area contributed by atoms with Crippen molar-refractivity contribution in [2.45, 2.75) is 31.3 Å². The van der Waals surface area contributed by atoms with E-state index in [0.29, 0.717) is 11.1 Å². The second-order valence-electron chi connectivity index (χ2n) is 5.32. The molecule has 5 heteroatoms. The molecule has 1 saturated carbocycles. The second-order valence-corrected chi connectivity index (χ2v) is 6.87. The van der Waals surface area contributed by atoms with E-state index in [0.717, 1.165) is 42.3 Å². The number of rotatable bonds is 2. The maximum Gasteiger partial charge on any atom is 0.131 e. The van der Waals surface area contributed by atoms with Gasteiger partial charge in [-0.2, -0.15) is 0 Å². The molecule has 0 radical (unpaired) electrons. The van der Waals surface area contributed by atoms with Gasteiger partial charge in [-0.25, -0.2) is 4.98 Å². The first-order valence-electron chi connectivity index (χ1n) is 6.37. The molecule has 1 saturated heterocycles. The Kier molecular flexibility index (Phi) is 3.45. The molecule has 0 spiro atoms. The van der Waals surface area contributed by atoms with E-state index in [1.165, 1.54) is 5.69 Å². The number of aromatic nitrogens is 1. The Balaban J connectivity index is 1.70. The summed E-state index contributed by atoms with van der Waals surface area (Å²) in [7, 11) is 0. The van der Waals surface area contributed by atoms with Gasteiger partial charge < -0.3 is 10.0 Å². The highest BCUT2D eigenvalue weighted by atomic mass is 127. The summed E-state index contributed by atoms with van der Waals surface area (Å²) in [4.78, 5) is 6.45. The zero-order valence-electron chi connectivity index (χ0n) is 10.1. The minimum absolute atomic E-state index is 0.324. The van der Waals surface area contributed by atoms with Crippen LogP contribution in [0, 0.1) is 9.49 Å². The highest BCUT2D eigenvalue weighted by molar-refractivity contribution is 14.1. The van der Waals surface area contributed by atoms with Crippen LogP contribution in [0.25, 0.3) is 0 Å². The molecule has 3 nitrogen and oxygen atoms in total. The molecule has 1 aromatic heterocycles. The summed E-state index contributed by atoms with van der Waals surface area (Å²) in [5.74, 6) is 0.490. The number of aliphatic hydroxyl groups is 1. The fraction of sp³-hybridized carbons (Fsp3) is 0.615. The Hall–Kier alpha value is -0.0700. The van der Waals surface area contributed by atoms with Crippen LogP contribution in [-0.2, 0) is 0 Å². The van der Waals surface area contributed by atoms with Crippen LogP contribution in [0.5, 0.6) is 0 Å². The first-order valence-corrected chi connectivity index (χ1v) is 7.82. The van der Waals surface area contributed by atoms with Gasteiger partial charge >= 0.3 is 0 Å². The van der Waals surface area contributed by atoms with E-state index in [9.17, 15) is 5.11 Å². The summed E-state index contributed by atoms with van der Waals surface area (Å²) >= 11 is 8.27. The molecule has 0 bridgehead atoms. The summed E-state index contributed by atoms with van der Waals surface area (Å²) in [6.07, 6.45) is 5.96. The van der Waals surface area contributed by atoms with E-state index in [1.54, 1.807) is 0 Å². The second kappa shape index (κ2) is 4.80. The number of piperidine rings is 1. The third-order valence-corrected chi connectivity index (χ3v) is 5.20. The summed E-state index contributed by atoms with van der Waals surface area (Å²) in [6.45, 7) is 2.01. The molecule has 0 aromatic carbocycles. The van der Waals surface area contributed by atoms with Crippen LogP contribution in [0.4, 0.5) is 5.69 Å². The number of nitrogens with zero attached hydrogens (tertiary/aromatic N) is 2. The zero-order chi connectivity index (χ0) is 12.8. The lowest BCUT2D eigenvalue weighted by atomic mass is 9.89. The van der Waals surface area contributed by atoms with Gasteiger partial charge in [-0.1, -0.05) is 11.6 Å². The van der Waals surface area contributed by atoms with Gasteiger partial charge in [0.25, 0.3) is 0 Å². The lowest BCUT2D eigenvalue weighted by Gasteiger charge is -2.36. The monoisotopic (exact) mass is 378 g/mol. The minimum atomic E-state index is -0.324. The van der Waals surface area contributed by atoms with Crippen molar-refractivity contribution < 1.29 is 5.11 Å². The molecule has 18 heavy (non-hydrogen) atoms. The van der Waals surface area contributed by atoms with E-state index in [-0.39, 0.29) is 5.60 Å². The van der Waals surface area contributed by atoms with Crippen molar-refractivity contribution in [1.82, 2.24) is 4.98 Å². The van der Waals surface area contributed by atoms with Crippen molar-refractivity contribution >= 4 is 39.9 Å². The van der Waals surface area contributed by atoms with Crippen molar-refractivity contribution in [2.75, 3.05) is 18.0 Å². The highest BCUT2D eigenvalue weighted by Crippen LogP contribution is 2.46. The molecule has 0 amide bonds. The van der Waals surface area contributed by atoms with E-state index in [1.807, 2.05) is 12.3 Å². The molecule has 2 aliphatic rings. The van der Waals surface area contributed by atoms with Gasteiger partial charge in [-0.15, -0.1) is 0 Å². The SMILES string of the molecule is OC1(C2CCN(c3cc(Cl)ncc3I)CC2)CC1. The highest BCUT2D eigenvalue weighted by Gasteiger charge is 2.48. The number of pyridine rings is 1. The molecule has 1 aliphatic carbocycles. The number of anilines is 1. The van der Waals surface area contributed by atoms with Crippen molar-refractivity contribution in [1.29, 1.82) is 0 Å². The molecule has 2 heterocycles. The normalized spacial score (nSPS) is 23.2. The van der Waals surface area contributed by atoms with Crippen LogP contribution in [0.1, 0.15) is 25.7 Å². The van der Waals surface area contributed by atoms with Gasteiger partial charge in [0.05, 0.1) is 14.9 Å². The molecule has 3 rings (SSSR count). The Morgan fingerprint density at radius 2 is 2.06 bits per heavy atom. The molecule has 0 unspecified atom stereocenters. The van der Waals surface area contributed by atoms with Gasteiger partial charge in [0.15, 0.2) is 0 Å². The molecular weight excluding hydrogens is 363 g/mol. The van der Waals surface area contributed by atoms with E-state index < -0.39 is 0 Å². The van der Waals surface area contributed by atoms with Crippen LogP contribution in [0.15, 0.2) is 12.3 Å². The Labute approximate surface area is 126 Å². The van der Waals surface area contributed by atoms with Crippen molar-refractivity contribution in [3.8, 4) is 0 Å². The predicted molar refractivity (Wildman–Crippen MR) is 81.1 cm³/mol. The standard InChI is InChI=1S/C13H16ClIN2O/c14-12-7-11(10(15)8-16-12)17-5-1-9(2-6-17)13(18)3-4-13/h7-9,18H,1-6H2. The van der Waals surface area contributed by atoms with Crippen molar-refractivity contribution in [3.63, 3.8) is 0 Å². The van der Waals surface area contributed by atoms with Gasteiger partial charge in [0, 0.05) is 19.3 Å². The number of halogens is 2. The minimum Gasteiger partial charge on any atom is -0.390 e. The first kappa shape index (κ1) is 12.9. The molecule has 98 valence electrons. The third-order valence-electron chi connectivity index (χ3n) is 4.16. The fourth-order valence-corrected chi connectivity index (χ4v) is 3.63. The topological polar surface area (TPSA) is 36.4 Å². The summed E-state index contributed by atoms with van der Waals surface area (Å²) in [5, 5.41) is 10.7.